The molecule has 0 aliphatic carbocycles. The SMILES string of the molecule is CC[C@@H](C)NC(=O)[C@H](C)N(Cc1cccc(C)c1)C(=O)CN(c1cc(Cl)ccc1Cl)S(=O)(=O)c1ccc(C)cc1. The van der Waals surface area contributed by atoms with Gasteiger partial charge in [0, 0.05) is 17.6 Å². The third-order valence-corrected chi connectivity index (χ3v) is 9.00. The van der Waals surface area contributed by atoms with Crippen LogP contribution < -0.4 is 9.62 Å². The number of benzene rings is 3. The number of nitrogens with zero attached hydrogens (tertiary/aromatic N) is 2. The lowest BCUT2D eigenvalue weighted by Gasteiger charge is -2.32. The van der Waals surface area contributed by atoms with Gasteiger partial charge >= 0.3 is 0 Å². The molecule has 0 saturated carbocycles. The Morgan fingerprint density at radius 3 is 2.23 bits per heavy atom. The molecule has 0 fully saturated rings. The summed E-state index contributed by atoms with van der Waals surface area (Å²) in [7, 11) is -4.25. The normalized spacial score (nSPS) is 12.9. The highest BCUT2D eigenvalue weighted by atomic mass is 35.5. The number of carbonyl (C=O) groups excluding carboxylic acids is 2. The molecule has 0 aromatic heterocycles. The summed E-state index contributed by atoms with van der Waals surface area (Å²) in [6.45, 7) is 8.77. The second-order valence-electron chi connectivity index (χ2n) is 9.93. The zero-order chi connectivity index (χ0) is 29.6. The van der Waals surface area contributed by atoms with Crippen molar-refractivity contribution < 1.29 is 18.0 Å². The molecule has 2 atom stereocenters. The highest BCUT2D eigenvalue weighted by Gasteiger charge is 2.33. The zero-order valence-corrected chi connectivity index (χ0v) is 25.6. The number of hydrogen-bond acceptors (Lipinski definition) is 4. The smallest absolute Gasteiger partial charge is 0.264 e. The van der Waals surface area contributed by atoms with Crippen LogP contribution in [-0.2, 0) is 26.2 Å². The number of sulfonamides is 1. The van der Waals surface area contributed by atoms with Crippen molar-refractivity contribution in [3.63, 3.8) is 0 Å². The van der Waals surface area contributed by atoms with Gasteiger partial charge in [0.15, 0.2) is 0 Å². The monoisotopic (exact) mass is 603 g/mol. The van der Waals surface area contributed by atoms with Gasteiger partial charge < -0.3 is 10.2 Å². The topological polar surface area (TPSA) is 86.8 Å². The van der Waals surface area contributed by atoms with E-state index >= 15 is 0 Å². The van der Waals surface area contributed by atoms with Gasteiger partial charge in [-0.25, -0.2) is 8.42 Å². The maximum Gasteiger partial charge on any atom is 0.264 e. The molecule has 0 spiro atoms. The summed E-state index contributed by atoms with van der Waals surface area (Å²) < 4.78 is 28.8. The van der Waals surface area contributed by atoms with Crippen LogP contribution in [-0.4, -0.2) is 43.8 Å². The average Bonchev–Trinajstić information content (AvgIpc) is 2.91. The Bertz CT molecular complexity index is 1460. The lowest BCUT2D eigenvalue weighted by Crippen LogP contribution is -2.52. The first-order valence-electron chi connectivity index (χ1n) is 13.0. The molecule has 0 bridgehead atoms. The molecule has 1 N–H and O–H groups in total. The van der Waals surface area contributed by atoms with Gasteiger partial charge in [-0.05, 0) is 70.0 Å². The van der Waals surface area contributed by atoms with Crippen molar-refractivity contribution in [3.05, 3.63) is 93.5 Å². The molecule has 0 aliphatic rings. The Hall–Kier alpha value is -3.07. The summed E-state index contributed by atoms with van der Waals surface area (Å²) in [6.07, 6.45) is 0.722. The van der Waals surface area contributed by atoms with Crippen molar-refractivity contribution >= 4 is 50.7 Å². The van der Waals surface area contributed by atoms with E-state index in [-0.39, 0.29) is 39.1 Å². The Balaban J connectivity index is 2.07. The van der Waals surface area contributed by atoms with E-state index in [1.54, 1.807) is 19.1 Å². The van der Waals surface area contributed by atoms with Crippen molar-refractivity contribution in [1.82, 2.24) is 10.2 Å². The van der Waals surface area contributed by atoms with Gasteiger partial charge in [-0.15, -0.1) is 0 Å². The van der Waals surface area contributed by atoms with Crippen LogP contribution in [0.25, 0.3) is 0 Å². The number of carbonyl (C=O) groups is 2. The third kappa shape index (κ3) is 7.77. The fraction of sp³-hybridized carbons (Fsp3) is 0.333. The van der Waals surface area contributed by atoms with Crippen LogP contribution in [0.5, 0.6) is 0 Å². The van der Waals surface area contributed by atoms with Gasteiger partial charge in [0.1, 0.15) is 12.6 Å². The molecule has 214 valence electrons. The first-order chi connectivity index (χ1) is 18.8. The molecule has 3 aromatic rings. The van der Waals surface area contributed by atoms with Crippen LogP contribution in [0.3, 0.4) is 0 Å². The summed E-state index contributed by atoms with van der Waals surface area (Å²) in [6, 6.07) is 17.4. The van der Waals surface area contributed by atoms with E-state index in [0.29, 0.717) is 0 Å². The fourth-order valence-electron chi connectivity index (χ4n) is 4.08. The molecule has 40 heavy (non-hydrogen) atoms. The van der Waals surface area contributed by atoms with E-state index < -0.39 is 28.5 Å². The Labute approximate surface area is 247 Å². The Morgan fingerprint density at radius 1 is 0.925 bits per heavy atom. The molecule has 0 heterocycles. The largest absolute Gasteiger partial charge is 0.352 e. The molecule has 0 saturated heterocycles. The van der Waals surface area contributed by atoms with Gasteiger partial charge in [0.25, 0.3) is 10.0 Å². The van der Waals surface area contributed by atoms with Crippen LogP contribution in [0.15, 0.2) is 71.6 Å². The summed E-state index contributed by atoms with van der Waals surface area (Å²) in [5, 5.41) is 3.29. The summed E-state index contributed by atoms with van der Waals surface area (Å²) in [4.78, 5) is 28.5. The predicted octanol–water partition coefficient (Wildman–Crippen LogP) is 6.14. The zero-order valence-electron chi connectivity index (χ0n) is 23.3. The van der Waals surface area contributed by atoms with Gasteiger partial charge in [0.05, 0.1) is 15.6 Å². The summed E-state index contributed by atoms with van der Waals surface area (Å²) in [5.74, 6) is -0.899. The first-order valence-corrected chi connectivity index (χ1v) is 15.2. The van der Waals surface area contributed by atoms with E-state index in [0.717, 1.165) is 27.4 Å². The maximum atomic E-state index is 14.0. The van der Waals surface area contributed by atoms with Crippen molar-refractivity contribution in [2.45, 2.75) is 64.6 Å². The van der Waals surface area contributed by atoms with Crippen molar-refractivity contribution in [2.24, 2.45) is 0 Å². The van der Waals surface area contributed by atoms with E-state index in [2.05, 4.69) is 5.32 Å². The van der Waals surface area contributed by atoms with E-state index in [4.69, 9.17) is 23.2 Å². The number of nitrogens with one attached hydrogen (secondary N) is 1. The fourth-order valence-corrected chi connectivity index (χ4v) is 5.94. The van der Waals surface area contributed by atoms with Crippen LogP contribution in [0.2, 0.25) is 10.0 Å². The van der Waals surface area contributed by atoms with Crippen molar-refractivity contribution in [2.75, 3.05) is 10.8 Å². The number of aryl methyl sites for hydroxylation is 2. The molecule has 7 nitrogen and oxygen atoms in total. The minimum Gasteiger partial charge on any atom is -0.352 e. The predicted molar refractivity (Wildman–Crippen MR) is 161 cm³/mol. The quantitative estimate of drug-likeness (QED) is 0.285. The van der Waals surface area contributed by atoms with Crippen LogP contribution in [0.1, 0.15) is 43.9 Å². The number of halogens is 2. The van der Waals surface area contributed by atoms with Crippen LogP contribution in [0, 0.1) is 13.8 Å². The standard InChI is InChI=1S/C30H35Cl2N3O4S/c1-6-22(4)33-30(37)23(5)34(18-24-9-7-8-21(3)16-24)29(36)19-35(28-17-25(31)12-15-27(28)32)40(38,39)26-13-10-20(2)11-14-26/h7-17,22-23H,6,18-19H2,1-5H3,(H,33,37)/t22-,23+/m1/s1. The molecular weight excluding hydrogens is 569 g/mol. The van der Waals surface area contributed by atoms with Crippen LogP contribution >= 0.6 is 23.2 Å². The molecule has 3 aromatic carbocycles. The second kappa shape index (κ2) is 13.5. The van der Waals surface area contributed by atoms with Gasteiger partial charge in [-0.3, -0.25) is 13.9 Å². The molecule has 0 unspecified atom stereocenters. The molecule has 0 radical (unpaired) electrons. The lowest BCUT2D eigenvalue weighted by molar-refractivity contribution is -0.139. The Morgan fingerprint density at radius 2 is 1.60 bits per heavy atom. The van der Waals surface area contributed by atoms with Gasteiger partial charge in [-0.2, -0.15) is 0 Å². The van der Waals surface area contributed by atoms with E-state index in [1.165, 1.54) is 35.2 Å². The van der Waals surface area contributed by atoms with Crippen molar-refractivity contribution in [1.29, 1.82) is 0 Å². The van der Waals surface area contributed by atoms with Crippen LogP contribution in [0.4, 0.5) is 5.69 Å². The summed E-state index contributed by atoms with van der Waals surface area (Å²) in [5.41, 5.74) is 2.75. The number of rotatable bonds is 11. The van der Waals surface area contributed by atoms with E-state index in [9.17, 15) is 18.0 Å². The third-order valence-electron chi connectivity index (χ3n) is 6.67. The summed E-state index contributed by atoms with van der Waals surface area (Å²) >= 11 is 12.7. The first kappa shape index (κ1) is 31.5. The van der Waals surface area contributed by atoms with E-state index in [1.807, 2.05) is 52.0 Å². The molecule has 2 amide bonds. The van der Waals surface area contributed by atoms with Gasteiger partial charge in [-0.1, -0.05) is 77.7 Å². The molecule has 10 heteroatoms. The number of anilines is 1. The molecular formula is C30H35Cl2N3O4S. The number of amides is 2. The van der Waals surface area contributed by atoms with Gasteiger partial charge in [0.2, 0.25) is 11.8 Å². The minimum atomic E-state index is -4.25. The van der Waals surface area contributed by atoms with Crippen molar-refractivity contribution in [3.8, 4) is 0 Å². The lowest BCUT2D eigenvalue weighted by atomic mass is 10.1. The highest BCUT2D eigenvalue weighted by Crippen LogP contribution is 2.33. The average molecular weight is 605 g/mol. The highest BCUT2D eigenvalue weighted by molar-refractivity contribution is 7.92. The Kier molecular flexibility index (Phi) is 10.6. The maximum absolute atomic E-state index is 14.0. The number of hydrogen-bond donors (Lipinski definition) is 1. The second-order valence-corrected chi connectivity index (χ2v) is 12.6. The molecule has 0 aliphatic heterocycles. The molecule has 3 rings (SSSR count). The minimum absolute atomic E-state index is 0.00487.